The van der Waals surface area contributed by atoms with E-state index in [4.69, 9.17) is 5.73 Å². The summed E-state index contributed by atoms with van der Waals surface area (Å²) < 4.78 is 2.19. The van der Waals surface area contributed by atoms with Crippen molar-refractivity contribution in [3.8, 4) is 0 Å². The van der Waals surface area contributed by atoms with Gasteiger partial charge >= 0.3 is 0 Å². The number of nitrogens with two attached hydrogens (primary N) is 1. The van der Waals surface area contributed by atoms with Crippen molar-refractivity contribution >= 4 is 11.3 Å². The Kier molecular flexibility index (Phi) is 4.91. The third-order valence-electron chi connectivity index (χ3n) is 3.59. The third kappa shape index (κ3) is 3.08. The molecule has 0 aliphatic heterocycles. The number of rotatable bonds is 6. The lowest BCUT2D eigenvalue weighted by atomic mass is 10.1. The van der Waals surface area contributed by atoms with Crippen LogP contribution in [0.2, 0.25) is 0 Å². The fourth-order valence-electron chi connectivity index (χ4n) is 2.35. The lowest BCUT2D eigenvalue weighted by Gasteiger charge is -2.28. The van der Waals surface area contributed by atoms with Crippen molar-refractivity contribution in [1.29, 1.82) is 0 Å². The van der Waals surface area contributed by atoms with Gasteiger partial charge in [0, 0.05) is 30.2 Å². The molecule has 20 heavy (non-hydrogen) atoms. The molecule has 0 aliphatic rings. The molecule has 1 atom stereocenters. The molecule has 5 nitrogen and oxygen atoms in total. The molecule has 0 bridgehead atoms. The van der Waals surface area contributed by atoms with Gasteiger partial charge in [-0.05, 0) is 27.8 Å². The Bertz CT molecular complexity index is 545. The van der Waals surface area contributed by atoms with Gasteiger partial charge in [-0.1, -0.05) is 0 Å². The first-order valence-electron chi connectivity index (χ1n) is 6.85. The third-order valence-corrected chi connectivity index (χ3v) is 4.51. The van der Waals surface area contributed by atoms with Crippen molar-refractivity contribution in [2.45, 2.75) is 39.4 Å². The summed E-state index contributed by atoms with van der Waals surface area (Å²) in [5.41, 5.74) is 10.2. The van der Waals surface area contributed by atoms with Crippen molar-refractivity contribution in [3.63, 3.8) is 0 Å². The number of hydrogen-bond donors (Lipinski definition) is 1. The van der Waals surface area contributed by atoms with Gasteiger partial charge in [0.2, 0.25) is 0 Å². The zero-order valence-electron chi connectivity index (χ0n) is 12.6. The van der Waals surface area contributed by atoms with Crippen molar-refractivity contribution in [2.75, 3.05) is 13.6 Å². The second-order valence-electron chi connectivity index (χ2n) is 5.35. The molecule has 2 heterocycles. The topological polar surface area (TPSA) is 60.0 Å². The molecule has 0 saturated heterocycles. The van der Waals surface area contributed by atoms with Crippen LogP contribution in [-0.2, 0) is 6.54 Å². The Morgan fingerprint density at radius 1 is 1.45 bits per heavy atom. The van der Waals surface area contributed by atoms with Crippen molar-refractivity contribution in [2.24, 2.45) is 5.73 Å². The smallest absolute Gasteiger partial charge is 0.0951 e. The van der Waals surface area contributed by atoms with Gasteiger partial charge < -0.3 is 10.3 Å². The number of aryl methyl sites for hydroxylation is 1. The number of aromatic nitrogens is 3. The van der Waals surface area contributed by atoms with Gasteiger partial charge in [0.1, 0.15) is 0 Å². The fourth-order valence-corrected chi connectivity index (χ4v) is 3.19. The monoisotopic (exact) mass is 293 g/mol. The number of nitrogens with zero attached hydrogens (tertiary/aromatic N) is 4. The van der Waals surface area contributed by atoms with Crippen LogP contribution >= 0.6 is 11.3 Å². The summed E-state index contributed by atoms with van der Waals surface area (Å²) in [4.78, 5) is 12.2. The number of likely N-dealkylation sites (N-methyl/N-ethyl adjacent to an activating group) is 1. The van der Waals surface area contributed by atoms with Gasteiger partial charge in [-0.25, -0.2) is 9.97 Å². The maximum absolute atomic E-state index is 6.01. The molecule has 1 unspecified atom stereocenters. The largest absolute Gasteiger partial charge is 0.331 e. The average molecular weight is 293 g/mol. The van der Waals surface area contributed by atoms with Gasteiger partial charge in [-0.2, -0.15) is 0 Å². The van der Waals surface area contributed by atoms with E-state index in [1.807, 2.05) is 18.0 Å². The Labute approximate surface area is 124 Å². The lowest BCUT2D eigenvalue weighted by molar-refractivity contribution is 0.232. The molecular formula is C14H23N5S. The van der Waals surface area contributed by atoms with Crippen LogP contribution in [0.1, 0.15) is 42.2 Å². The average Bonchev–Trinajstić information content (AvgIpc) is 3.01. The molecule has 0 amide bonds. The highest BCUT2D eigenvalue weighted by molar-refractivity contribution is 7.09. The molecule has 2 N–H and O–H groups in total. The summed E-state index contributed by atoms with van der Waals surface area (Å²) in [5, 5.41) is 0. The molecule has 0 aromatic carbocycles. The fraction of sp³-hybridized carbons (Fsp3) is 0.571. The summed E-state index contributed by atoms with van der Waals surface area (Å²) in [7, 11) is 2.11. The summed E-state index contributed by atoms with van der Waals surface area (Å²) in [6, 6.07) is 0.557. The molecule has 0 radical (unpaired) electrons. The van der Waals surface area contributed by atoms with Gasteiger partial charge in [0.15, 0.2) is 0 Å². The van der Waals surface area contributed by atoms with Crippen molar-refractivity contribution in [3.05, 3.63) is 34.3 Å². The van der Waals surface area contributed by atoms with E-state index in [9.17, 15) is 0 Å². The van der Waals surface area contributed by atoms with E-state index >= 15 is 0 Å². The minimum atomic E-state index is 0.168. The van der Waals surface area contributed by atoms with E-state index in [2.05, 4.69) is 47.3 Å². The maximum Gasteiger partial charge on any atom is 0.0951 e. The summed E-state index contributed by atoms with van der Waals surface area (Å²) in [6.07, 6.45) is 3.81. The first-order valence-corrected chi connectivity index (χ1v) is 7.73. The molecule has 2 aromatic heterocycles. The van der Waals surface area contributed by atoms with Crippen LogP contribution in [0.5, 0.6) is 0 Å². The van der Waals surface area contributed by atoms with Crippen LogP contribution in [0, 0.1) is 6.92 Å². The first kappa shape index (κ1) is 15.2. The van der Waals surface area contributed by atoms with Crippen LogP contribution in [0.4, 0.5) is 0 Å². The Morgan fingerprint density at radius 2 is 2.20 bits per heavy atom. The normalized spacial score (nSPS) is 13.3. The SMILES string of the molecule is Cc1ncsc1CN(C)C(CN)c1cncn1C(C)C. The van der Waals surface area contributed by atoms with Gasteiger partial charge in [-0.15, -0.1) is 11.3 Å². The highest BCUT2D eigenvalue weighted by Crippen LogP contribution is 2.24. The zero-order chi connectivity index (χ0) is 14.7. The molecule has 110 valence electrons. The summed E-state index contributed by atoms with van der Waals surface area (Å²) in [6.45, 7) is 7.81. The molecule has 0 spiro atoms. The van der Waals surface area contributed by atoms with E-state index in [0.717, 1.165) is 12.2 Å². The van der Waals surface area contributed by atoms with Crippen molar-refractivity contribution in [1.82, 2.24) is 19.4 Å². The Morgan fingerprint density at radius 3 is 2.75 bits per heavy atom. The molecule has 2 aromatic rings. The number of hydrogen-bond acceptors (Lipinski definition) is 5. The zero-order valence-corrected chi connectivity index (χ0v) is 13.4. The summed E-state index contributed by atoms with van der Waals surface area (Å²) >= 11 is 1.70. The maximum atomic E-state index is 6.01. The predicted octanol–water partition coefficient (Wildman–Crippen LogP) is 2.36. The molecule has 0 saturated carbocycles. The van der Waals surface area contributed by atoms with E-state index in [0.29, 0.717) is 12.6 Å². The predicted molar refractivity (Wildman–Crippen MR) is 82.7 cm³/mol. The van der Waals surface area contributed by atoms with Crippen LogP contribution in [0.25, 0.3) is 0 Å². The molecule has 2 rings (SSSR count). The minimum Gasteiger partial charge on any atom is -0.331 e. The molecular weight excluding hydrogens is 270 g/mol. The first-order chi connectivity index (χ1) is 9.54. The highest BCUT2D eigenvalue weighted by atomic mass is 32.1. The van der Waals surface area contributed by atoms with E-state index in [1.165, 1.54) is 10.6 Å². The van der Waals surface area contributed by atoms with E-state index in [-0.39, 0.29) is 6.04 Å². The van der Waals surface area contributed by atoms with E-state index < -0.39 is 0 Å². The highest BCUT2D eigenvalue weighted by Gasteiger charge is 2.21. The van der Waals surface area contributed by atoms with Crippen LogP contribution < -0.4 is 5.73 Å². The van der Waals surface area contributed by atoms with Crippen LogP contribution in [0.15, 0.2) is 18.0 Å². The lowest BCUT2D eigenvalue weighted by Crippen LogP contribution is -2.32. The van der Waals surface area contributed by atoms with Gasteiger partial charge in [0.25, 0.3) is 0 Å². The Hall–Kier alpha value is -1.24. The van der Waals surface area contributed by atoms with Gasteiger partial charge in [-0.3, -0.25) is 4.90 Å². The van der Waals surface area contributed by atoms with Crippen LogP contribution in [-0.4, -0.2) is 33.0 Å². The van der Waals surface area contributed by atoms with E-state index in [1.54, 1.807) is 11.3 Å². The van der Waals surface area contributed by atoms with Crippen molar-refractivity contribution < 1.29 is 0 Å². The molecule has 0 aliphatic carbocycles. The second kappa shape index (κ2) is 6.47. The molecule has 0 fully saturated rings. The number of thiazole rings is 1. The summed E-state index contributed by atoms with van der Waals surface area (Å²) in [5.74, 6) is 0. The second-order valence-corrected chi connectivity index (χ2v) is 6.29. The van der Waals surface area contributed by atoms with Gasteiger partial charge in [0.05, 0.1) is 29.3 Å². The minimum absolute atomic E-state index is 0.168. The standard InChI is InChI=1S/C14H23N5S/c1-10(2)19-8-16-6-13(19)12(5-15)18(4)7-14-11(3)17-9-20-14/h6,8-10,12H,5,7,15H2,1-4H3. The van der Waals surface area contributed by atoms with Crippen LogP contribution in [0.3, 0.4) is 0 Å². The quantitative estimate of drug-likeness (QED) is 0.888. The number of imidazole rings is 1. The molecule has 6 heteroatoms. The Balaban J connectivity index is 2.19.